The summed E-state index contributed by atoms with van der Waals surface area (Å²) in [6, 6.07) is 0.652. The van der Waals surface area contributed by atoms with Gasteiger partial charge < -0.3 is 26.0 Å². The predicted octanol–water partition coefficient (Wildman–Crippen LogP) is 2.93. The minimum Gasteiger partial charge on any atom is -0.455 e. The number of benzene rings is 1. The minimum atomic E-state index is -4.70. The van der Waals surface area contributed by atoms with Crippen molar-refractivity contribution in [2.75, 3.05) is 5.32 Å². The maximum Gasteiger partial charge on any atom is 0.416 e. The van der Waals surface area contributed by atoms with Crippen molar-refractivity contribution in [3.8, 4) is 0 Å². The normalized spacial score (nSPS) is 18.7. The lowest BCUT2D eigenvalue weighted by molar-refractivity contribution is -0.137. The Morgan fingerprint density at radius 1 is 1.24 bits per heavy atom. The van der Waals surface area contributed by atoms with Crippen LogP contribution in [-0.2, 0) is 15.7 Å². The molecule has 4 rings (SSSR count). The van der Waals surface area contributed by atoms with Crippen LogP contribution in [0.1, 0.15) is 5.56 Å². The Hall–Kier alpha value is -4.53. The van der Waals surface area contributed by atoms with Crippen LogP contribution in [0.3, 0.4) is 0 Å². The largest absolute Gasteiger partial charge is 0.455 e. The van der Waals surface area contributed by atoms with Gasteiger partial charge in [-0.3, -0.25) is 9.79 Å². The van der Waals surface area contributed by atoms with Crippen LogP contribution < -0.4 is 21.3 Å². The Morgan fingerprint density at radius 2 is 2.06 bits per heavy atom. The van der Waals surface area contributed by atoms with E-state index in [4.69, 9.17) is 4.74 Å². The molecule has 0 fully saturated rings. The molecule has 1 aliphatic carbocycles. The molecular weight excluding hydrogens is 446 g/mol. The number of hydrogen-bond acceptors (Lipinski definition) is 5. The second kappa shape index (κ2) is 8.54. The molecule has 1 aromatic rings. The summed E-state index contributed by atoms with van der Waals surface area (Å²) >= 11 is 0. The maximum absolute atomic E-state index is 13.8. The van der Waals surface area contributed by atoms with Crippen molar-refractivity contribution in [1.29, 1.82) is 0 Å². The number of aliphatic imine (C=N–C) groups is 1. The summed E-state index contributed by atoms with van der Waals surface area (Å²) in [5, 5.41) is 9.88. The molecule has 1 unspecified atom stereocenters. The number of halogens is 4. The number of alkyl halides is 3. The van der Waals surface area contributed by atoms with E-state index in [0.29, 0.717) is 23.9 Å². The minimum absolute atomic E-state index is 0.0446. The summed E-state index contributed by atoms with van der Waals surface area (Å²) in [5.74, 6) is -0.979. The lowest BCUT2D eigenvalue weighted by atomic mass is 10.2. The van der Waals surface area contributed by atoms with E-state index < -0.39 is 41.3 Å². The topological polar surface area (TPSA) is 104 Å². The number of rotatable bonds is 4. The third-order valence-corrected chi connectivity index (χ3v) is 4.35. The molecule has 2 aliphatic heterocycles. The van der Waals surface area contributed by atoms with Crippen molar-refractivity contribution >= 4 is 23.8 Å². The molecule has 168 valence electrons. The number of dihydropyridines is 1. The van der Waals surface area contributed by atoms with Crippen molar-refractivity contribution in [3.63, 3.8) is 0 Å². The highest BCUT2D eigenvalue weighted by atomic mass is 19.4. The Bertz CT molecular complexity index is 1260. The van der Waals surface area contributed by atoms with Crippen LogP contribution in [-0.4, -0.2) is 24.3 Å². The number of carbonyl (C=O) groups excluding carboxylic acids is 2. The molecule has 1 atom stereocenters. The second-order valence-corrected chi connectivity index (χ2v) is 6.70. The second-order valence-electron chi connectivity index (χ2n) is 6.70. The van der Waals surface area contributed by atoms with Crippen molar-refractivity contribution in [2.45, 2.75) is 12.3 Å². The van der Waals surface area contributed by atoms with Gasteiger partial charge in [0.15, 0.2) is 11.9 Å². The number of hydrogen-bond donors (Lipinski definition) is 4. The zero-order valence-corrected chi connectivity index (χ0v) is 16.4. The molecule has 1 aromatic carbocycles. The van der Waals surface area contributed by atoms with Crippen molar-refractivity contribution in [1.82, 2.24) is 16.0 Å². The van der Waals surface area contributed by atoms with Gasteiger partial charge in [-0.05, 0) is 30.0 Å². The Balaban J connectivity index is 1.45. The SMILES string of the molecule is O=C1C=NC2NC=CC(OC3=CC(NC(=O)Nc4cc(C(F)(F)F)ccc4F)=C=C=C3)=C2N1. The van der Waals surface area contributed by atoms with Crippen molar-refractivity contribution < 1.29 is 31.9 Å². The van der Waals surface area contributed by atoms with Gasteiger partial charge in [0.05, 0.1) is 23.2 Å². The molecule has 0 bridgehead atoms. The van der Waals surface area contributed by atoms with E-state index in [2.05, 4.69) is 32.4 Å². The number of nitrogens with zero attached hydrogens (tertiary/aromatic N) is 1. The molecule has 3 aliphatic rings. The van der Waals surface area contributed by atoms with E-state index in [1.807, 2.05) is 5.32 Å². The lowest BCUT2D eigenvalue weighted by Gasteiger charge is -2.26. The molecule has 4 N–H and O–H groups in total. The first-order valence-corrected chi connectivity index (χ1v) is 9.26. The Morgan fingerprint density at radius 3 is 2.85 bits per heavy atom. The third-order valence-electron chi connectivity index (χ3n) is 4.35. The van der Waals surface area contributed by atoms with E-state index >= 15 is 0 Å². The summed E-state index contributed by atoms with van der Waals surface area (Å²) in [6.45, 7) is 0. The van der Waals surface area contributed by atoms with Crippen LogP contribution in [0.25, 0.3) is 0 Å². The number of nitrogens with one attached hydrogen (secondary N) is 4. The monoisotopic (exact) mass is 459 g/mol. The van der Waals surface area contributed by atoms with Gasteiger partial charge in [0.1, 0.15) is 17.3 Å². The fourth-order valence-electron chi connectivity index (χ4n) is 2.90. The number of anilines is 1. The van der Waals surface area contributed by atoms with E-state index in [9.17, 15) is 27.2 Å². The molecule has 12 heteroatoms. The molecule has 0 saturated heterocycles. The highest BCUT2D eigenvalue weighted by molar-refractivity contribution is 6.27. The molecular formula is C21H13F4N5O3. The zero-order valence-electron chi connectivity index (χ0n) is 16.4. The summed E-state index contributed by atoms with van der Waals surface area (Å²) < 4.78 is 58.1. The number of urea groups is 1. The summed E-state index contributed by atoms with van der Waals surface area (Å²) in [5.41, 5.74) is 3.86. The highest BCUT2D eigenvalue weighted by Crippen LogP contribution is 2.31. The number of ether oxygens (including phenoxy) is 1. The van der Waals surface area contributed by atoms with E-state index in [1.165, 1.54) is 12.2 Å². The smallest absolute Gasteiger partial charge is 0.416 e. The fourth-order valence-corrected chi connectivity index (χ4v) is 2.90. The lowest BCUT2D eigenvalue weighted by Crippen LogP contribution is -2.43. The fraction of sp³-hybridized carbons (Fsp3) is 0.0952. The zero-order chi connectivity index (χ0) is 23.6. The number of fused-ring (bicyclic) bond motifs is 1. The number of carbonyl (C=O) groups is 2. The third kappa shape index (κ3) is 5.04. The highest BCUT2D eigenvalue weighted by Gasteiger charge is 2.31. The maximum atomic E-state index is 13.8. The number of allylic oxidation sites excluding steroid dienone is 3. The predicted molar refractivity (Wildman–Crippen MR) is 108 cm³/mol. The van der Waals surface area contributed by atoms with E-state index in [0.717, 1.165) is 6.21 Å². The van der Waals surface area contributed by atoms with Gasteiger partial charge in [-0.25, -0.2) is 9.18 Å². The molecule has 3 amide bonds. The average molecular weight is 459 g/mol. The van der Waals surface area contributed by atoms with Crippen LogP contribution in [0.15, 0.2) is 82.0 Å². The Kier molecular flexibility index (Phi) is 5.61. The van der Waals surface area contributed by atoms with Crippen LogP contribution in [0.5, 0.6) is 0 Å². The van der Waals surface area contributed by atoms with Crippen LogP contribution in [0.2, 0.25) is 0 Å². The van der Waals surface area contributed by atoms with Gasteiger partial charge in [-0.2, -0.15) is 13.2 Å². The van der Waals surface area contributed by atoms with Gasteiger partial charge in [0.25, 0.3) is 5.91 Å². The van der Waals surface area contributed by atoms with Crippen molar-refractivity contribution in [2.24, 2.45) is 4.99 Å². The quantitative estimate of drug-likeness (QED) is 0.411. The van der Waals surface area contributed by atoms with E-state index in [1.54, 1.807) is 12.3 Å². The van der Waals surface area contributed by atoms with Crippen LogP contribution in [0.4, 0.5) is 28.0 Å². The Labute approximate surface area is 183 Å². The van der Waals surface area contributed by atoms with Crippen LogP contribution >= 0.6 is 0 Å². The first kappa shape index (κ1) is 21.7. The molecule has 0 spiro atoms. The molecule has 0 saturated carbocycles. The van der Waals surface area contributed by atoms with Crippen LogP contribution in [0, 0.1) is 5.82 Å². The summed E-state index contributed by atoms with van der Waals surface area (Å²) in [7, 11) is 0. The van der Waals surface area contributed by atoms with Gasteiger partial charge in [0.2, 0.25) is 0 Å². The van der Waals surface area contributed by atoms with E-state index in [-0.39, 0.29) is 17.2 Å². The molecule has 0 radical (unpaired) electrons. The molecule has 8 nitrogen and oxygen atoms in total. The van der Waals surface area contributed by atoms with Crippen molar-refractivity contribution in [3.05, 3.63) is 88.4 Å². The standard InChI is InChI=1S/C21H13F4N5O3/c22-14-5-4-11(21(23,24)25)8-15(14)29-20(32)28-12-2-1-3-13(9-12)33-16-6-7-26-19-18(16)30-17(31)10-27-19/h3-10,19,26H,(H,30,31)(H2,28,29,32). The summed E-state index contributed by atoms with van der Waals surface area (Å²) in [6.07, 6.45) is 1.79. The molecule has 2 heterocycles. The average Bonchev–Trinajstić information content (AvgIpc) is 2.75. The summed E-state index contributed by atoms with van der Waals surface area (Å²) in [4.78, 5) is 27.8. The first-order chi connectivity index (χ1) is 15.7. The van der Waals surface area contributed by atoms with Gasteiger partial charge >= 0.3 is 12.2 Å². The van der Waals surface area contributed by atoms with Gasteiger partial charge in [-0.1, -0.05) is 5.73 Å². The number of amides is 3. The van der Waals surface area contributed by atoms with Gasteiger partial charge in [-0.15, -0.1) is 0 Å². The molecule has 0 aromatic heterocycles. The molecule has 33 heavy (non-hydrogen) atoms. The first-order valence-electron chi connectivity index (χ1n) is 9.26. The van der Waals surface area contributed by atoms with Gasteiger partial charge in [0, 0.05) is 18.4 Å².